The van der Waals surface area contributed by atoms with Gasteiger partial charge in [-0.2, -0.15) is 0 Å². The van der Waals surface area contributed by atoms with Crippen molar-refractivity contribution in [3.8, 4) is 0 Å². The lowest BCUT2D eigenvalue weighted by Crippen LogP contribution is -2.24. The summed E-state index contributed by atoms with van der Waals surface area (Å²) < 4.78 is 53.5. The number of nitro groups is 1. The first kappa shape index (κ1) is 21.1. The molecule has 0 radical (unpaired) electrons. The maximum atomic E-state index is 12.4. The molecule has 0 aliphatic heterocycles. The molecule has 0 aromatic heterocycles. The molecule has 0 heterocycles. The number of anilines is 1. The molecule has 0 unspecified atom stereocenters. The molecule has 0 spiro atoms. The fraction of sp³-hybridized carbons (Fsp3) is 0.200. The second-order valence-electron chi connectivity index (χ2n) is 5.40. The smallest absolute Gasteiger partial charge is 0.280 e. The maximum Gasteiger partial charge on any atom is 0.289 e. The number of nitro benzene ring substituents is 1. The molecule has 2 rings (SSSR count). The number of nitrogens with zero attached hydrogens (tertiary/aromatic N) is 1. The van der Waals surface area contributed by atoms with Gasteiger partial charge in [0.25, 0.3) is 15.7 Å². The van der Waals surface area contributed by atoms with Gasteiger partial charge in [0.15, 0.2) is 0 Å². The van der Waals surface area contributed by atoms with Gasteiger partial charge in [-0.05, 0) is 42.8 Å². The highest BCUT2D eigenvalue weighted by molar-refractivity contribution is 7.92. The van der Waals surface area contributed by atoms with Crippen LogP contribution in [0.1, 0.15) is 13.3 Å². The molecule has 146 valence electrons. The molecular weight excluding hydrogens is 418 g/mol. The van der Waals surface area contributed by atoms with E-state index in [4.69, 9.17) is 11.6 Å². The van der Waals surface area contributed by atoms with Crippen LogP contribution >= 0.6 is 11.6 Å². The molecule has 0 amide bonds. The molecule has 0 saturated heterocycles. The minimum atomic E-state index is -4.13. The first-order valence-corrected chi connectivity index (χ1v) is 11.0. The monoisotopic (exact) mass is 433 g/mol. The van der Waals surface area contributed by atoms with E-state index in [2.05, 4.69) is 9.44 Å². The third kappa shape index (κ3) is 5.16. The van der Waals surface area contributed by atoms with Crippen LogP contribution in [0.15, 0.2) is 52.3 Å². The Kier molecular flexibility index (Phi) is 6.42. The molecule has 0 bridgehead atoms. The molecule has 0 atom stereocenters. The molecule has 2 aromatic rings. The third-order valence-corrected chi connectivity index (χ3v) is 6.56. The minimum Gasteiger partial charge on any atom is -0.280 e. The second-order valence-corrected chi connectivity index (χ2v) is 9.25. The number of sulfonamides is 2. The predicted octanol–water partition coefficient (Wildman–Crippen LogP) is 2.74. The number of rotatable bonds is 8. The molecule has 9 nitrogen and oxygen atoms in total. The zero-order valence-electron chi connectivity index (χ0n) is 14.0. The van der Waals surface area contributed by atoms with Crippen molar-refractivity contribution in [2.75, 3.05) is 11.3 Å². The number of benzene rings is 2. The first-order chi connectivity index (χ1) is 12.6. The van der Waals surface area contributed by atoms with E-state index in [1.165, 1.54) is 24.3 Å². The van der Waals surface area contributed by atoms with Gasteiger partial charge in [-0.25, -0.2) is 21.6 Å². The minimum absolute atomic E-state index is 0.0129. The van der Waals surface area contributed by atoms with Gasteiger partial charge in [0.1, 0.15) is 5.02 Å². The van der Waals surface area contributed by atoms with Crippen molar-refractivity contribution in [3.05, 3.63) is 57.6 Å². The molecule has 0 fully saturated rings. The summed E-state index contributed by atoms with van der Waals surface area (Å²) in [5.41, 5.74) is -0.440. The largest absolute Gasteiger partial charge is 0.289 e. The quantitative estimate of drug-likeness (QED) is 0.485. The van der Waals surface area contributed by atoms with Gasteiger partial charge >= 0.3 is 0 Å². The fourth-order valence-corrected chi connectivity index (χ4v) is 4.43. The van der Waals surface area contributed by atoms with Crippen LogP contribution in [-0.4, -0.2) is 28.3 Å². The van der Waals surface area contributed by atoms with Gasteiger partial charge < -0.3 is 0 Å². The van der Waals surface area contributed by atoms with Crippen LogP contribution in [0.3, 0.4) is 0 Å². The van der Waals surface area contributed by atoms with Gasteiger partial charge in [0.2, 0.25) is 10.0 Å². The summed E-state index contributed by atoms with van der Waals surface area (Å²) in [6.07, 6.45) is 0.629. The van der Waals surface area contributed by atoms with Crippen LogP contribution < -0.4 is 9.44 Å². The van der Waals surface area contributed by atoms with E-state index in [0.717, 1.165) is 18.2 Å². The molecule has 0 saturated carbocycles. The zero-order valence-corrected chi connectivity index (χ0v) is 16.4. The highest BCUT2D eigenvalue weighted by Crippen LogP contribution is 2.28. The summed E-state index contributed by atoms with van der Waals surface area (Å²) in [6.45, 7) is 2.10. The second kappa shape index (κ2) is 8.21. The molecule has 0 aliphatic carbocycles. The van der Waals surface area contributed by atoms with Crippen LogP contribution in [-0.2, 0) is 20.0 Å². The Morgan fingerprint density at radius 3 is 2.15 bits per heavy atom. The topological polar surface area (TPSA) is 135 Å². The summed E-state index contributed by atoms with van der Waals surface area (Å²) in [5.74, 6) is 0. The molecule has 2 N–H and O–H groups in total. The van der Waals surface area contributed by atoms with Crippen molar-refractivity contribution < 1.29 is 21.8 Å². The van der Waals surface area contributed by atoms with Gasteiger partial charge in [-0.1, -0.05) is 18.5 Å². The van der Waals surface area contributed by atoms with E-state index in [1.54, 1.807) is 0 Å². The summed E-state index contributed by atoms with van der Waals surface area (Å²) in [7, 11) is -7.80. The Balaban J connectivity index is 2.26. The number of halogens is 1. The Morgan fingerprint density at radius 1 is 1.00 bits per heavy atom. The Hall–Kier alpha value is -2.21. The van der Waals surface area contributed by atoms with E-state index < -0.39 is 30.7 Å². The van der Waals surface area contributed by atoms with Crippen molar-refractivity contribution in [1.29, 1.82) is 0 Å². The fourth-order valence-electron chi connectivity index (χ4n) is 2.04. The van der Waals surface area contributed by atoms with Gasteiger partial charge in [-0.15, -0.1) is 0 Å². The van der Waals surface area contributed by atoms with Crippen molar-refractivity contribution in [1.82, 2.24) is 4.72 Å². The molecule has 12 heteroatoms. The number of nitrogens with one attached hydrogen (secondary N) is 2. The lowest BCUT2D eigenvalue weighted by atomic mass is 10.3. The van der Waals surface area contributed by atoms with Crippen molar-refractivity contribution in [3.63, 3.8) is 0 Å². The predicted molar refractivity (Wildman–Crippen MR) is 101 cm³/mol. The zero-order chi connectivity index (χ0) is 20.2. The number of hydrogen-bond acceptors (Lipinski definition) is 6. The number of hydrogen-bond donors (Lipinski definition) is 2. The Labute approximate surface area is 161 Å². The average molecular weight is 434 g/mol. The van der Waals surface area contributed by atoms with E-state index in [-0.39, 0.29) is 27.0 Å². The summed E-state index contributed by atoms with van der Waals surface area (Å²) in [5, 5.41) is 10.7. The van der Waals surface area contributed by atoms with Gasteiger partial charge in [-0.3, -0.25) is 14.8 Å². The maximum absolute atomic E-state index is 12.4. The SMILES string of the molecule is CCCNS(=O)(=O)c1ccc(NS(=O)(=O)c2ccc(Cl)c([N+](=O)[O-])c2)cc1. The van der Waals surface area contributed by atoms with Gasteiger partial charge in [0.05, 0.1) is 14.7 Å². The van der Waals surface area contributed by atoms with Gasteiger partial charge in [0, 0.05) is 18.3 Å². The lowest BCUT2D eigenvalue weighted by molar-refractivity contribution is -0.384. The van der Waals surface area contributed by atoms with Crippen molar-refractivity contribution in [2.45, 2.75) is 23.1 Å². The standard InChI is InChI=1S/C15H16ClN3O6S2/c1-2-9-17-26(22,23)12-5-3-11(4-6-12)18-27(24,25)13-7-8-14(16)15(10-13)19(20)21/h3-8,10,17-18H,2,9H2,1H3. The van der Waals surface area contributed by atoms with E-state index >= 15 is 0 Å². The molecule has 27 heavy (non-hydrogen) atoms. The van der Waals surface area contributed by atoms with E-state index in [0.29, 0.717) is 6.42 Å². The first-order valence-electron chi connectivity index (χ1n) is 7.63. The molecule has 2 aromatic carbocycles. The Bertz CT molecular complexity index is 1050. The molecular formula is C15H16ClN3O6S2. The lowest BCUT2D eigenvalue weighted by Gasteiger charge is -2.10. The van der Waals surface area contributed by atoms with E-state index in [1.807, 2.05) is 6.92 Å². The summed E-state index contributed by atoms with van der Waals surface area (Å²) in [6, 6.07) is 8.15. The van der Waals surface area contributed by atoms with Crippen LogP contribution in [0.2, 0.25) is 5.02 Å². The average Bonchev–Trinajstić information content (AvgIpc) is 2.60. The Morgan fingerprint density at radius 2 is 1.59 bits per heavy atom. The van der Waals surface area contributed by atoms with Crippen LogP contribution in [0.25, 0.3) is 0 Å². The van der Waals surface area contributed by atoms with Crippen LogP contribution in [0, 0.1) is 10.1 Å². The highest BCUT2D eigenvalue weighted by atomic mass is 35.5. The highest BCUT2D eigenvalue weighted by Gasteiger charge is 2.21. The van der Waals surface area contributed by atoms with Crippen LogP contribution in [0.4, 0.5) is 11.4 Å². The third-order valence-electron chi connectivity index (χ3n) is 3.38. The van der Waals surface area contributed by atoms with Crippen LogP contribution in [0.5, 0.6) is 0 Å². The van der Waals surface area contributed by atoms with E-state index in [9.17, 15) is 26.9 Å². The van der Waals surface area contributed by atoms with Crippen molar-refractivity contribution in [2.24, 2.45) is 0 Å². The summed E-state index contributed by atoms with van der Waals surface area (Å²) >= 11 is 5.68. The normalized spacial score (nSPS) is 11.9. The van der Waals surface area contributed by atoms with Crippen molar-refractivity contribution >= 4 is 43.0 Å². The summed E-state index contributed by atoms with van der Waals surface area (Å²) in [4.78, 5) is 9.76. The molecule has 0 aliphatic rings.